The third kappa shape index (κ3) is 4.28. The minimum atomic E-state index is -4.54. The highest BCUT2D eigenvalue weighted by Crippen LogP contribution is 2.57. The Labute approximate surface area is 220 Å². The Kier molecular flexibility index (Phi) is 6.60. The fourth-order valence-corrected chi connectivity index (χ4v) is 7.51. The number of fused-ring (bicyclic) bond motifs is 2. The summed E-state index contributed by atoms with van der Waals surface area (Å²) in [4.78, 5) is 25.8. The zero-order valence-electron chi connectivity index (χ0n) is 21.6. The molecule has 2 saturated carbocycles. The van der Waals surface area contributed by atoms with E-state index in [1.807, 2.05) is 4.90 Å². The van der Waals surface area contributed by atoms with Gasteiger partial charge in [0, 0.05) is 45.1 Å². The molecule has 5 fully saturated rings. The van der Waals surface area contributed by atoms with Gasteiger partial charge >= 0.3 is 6.18 Å². The summed E-state index contributed by atoms with van der Waals surface area (Å²) in [7, 11) is 1.68. The highest BCUT2D eigenvalue weighted by Gasteiger charge is 2.64. The summed E-state index contributed by atoms with van der Waals surface area (Å²) in [6.07, 6.45) is 2.20. The van der Waals surface area contributed by atoms with E-state index in [2.05, 4.69) is 15.3 Å². The number of likely N-dealkylation sites (tertiary alicyclic amines) is 1. The van der Waals surface area contributed by atoms with Gasteiger partial charge in [-0.1, -0.05) is 0 Å². The van der Waals surface area contributed by atoms with Gasteiger partial charge < -0.3 is 29.7 Å². The van der Waals surface area contributed by atoms with Gasteiger partial charge in [-0.2, -0.15) is 13.2 Å². The first kappa shape index (κ1) is 26.2. The molecule has 2 N–H and O–H groups in total. The number of alkyl halides is 3. The number of ether oxygens (including phenoxy) is 2. The average molecular weight is 540 g/mol. The lowest BCUT2D eigenvalue weighted by Gasteiger charge is -2.52. The maximum Gasteiger partial charge on any atom is 0.433 e. The summed E-state index contributed by atoms with van der Waals surface area (Å²) in [6.45, 7) is 2.01. The number of rotatable bonds is 6. The lowest BCUT2D eigenvalue weighted by molar-refractivity contribution is -0.178. The van der Waals surface area contributed by atoms with E-state index >= 15 is 0 Å². The van der Waals surface area contributed by atoms with Crippen LogP contribution in [0.4, 0.5) is 19.1 Å². The molecule has 210 valence electrons. The normalized spacial score (nSPS) is 36.5. The van der Waals surface area contributed by atoms with Gasteiger partial charge in [0.1, 0.15) is 5.69 Å². The molecule has 2 bridgehead atoms. The van der Waals surface area contributed by atoms with Crippen LogP contribution in [0.2, 0.25) is 0 Å². The molecule has 6 atom stereocenters. The largest absolute Gasteiger partial charge is 0.433 e. The number of carbonyl (C=O) groups excluding carboxylic acids is 1. The first-order valence-corrected chi connectivity index (χ1v) is 13.7. The molecule has 6 rings (SSSR count). The van der Waals surface area contributed by atoms with Crippen LogP contribution in [0.3, 0.4) is 0 Å². The van der Waals surface area contributed by atoms with Crippen molar-refractivity contribution in [3.05, 3.63) is 18.0 Å². The Hall–Kier alpha value is -2.02. The van der Waals surface area contributed by atoms with Crippen molar-refractivity contribution in [2.75, 3.05) is 38.3 Å². The summed E-state index contributed by atoms with van der Waals surface area (Å²) in [5.74, 6) is 0.0532. The monoisotopic (exact) mass is 539 g/mol. The van der Waals surface area contributed by atoms with Crippen molar-refractivity contribution < 1.29 is 32.5 Å². The van der Waals surface area contributed by atoms with Gasteiger partial charge in [-0.3, -0.25) is 4.79 Å². The first-order valence-electron chi connectivity index (χ1n) is 13.7. The van der Waals surface area contributed by atoms with Gasteiger partial charge in [0.25, 0.3) is 0 Å². The number of carbonyl (C=O) groups is 1. The topological polar surface area (TPSA) is 100 Å². The number of hydrogen-bond acceptors (Lipinski definition) is 8. The van der Waals surface area contributed by atoms with Gasteiger partial charge in [0.05, 0.1) is 35.8 Å². The second-order valence-corrected chi connectivity index (χ2v) is 11.7. The summed E-state index contributed by atoms with van der Waals surface area (Å²) in [5.41, 5.74) is -2.82. The van der Waals surface area contributed by atoms with Crippen LogP contribution in [-0.4, -0.2) is 95.2 Å². The van der Waals surface area contributed by atoms with Crippen molar-refractivity contribution in [1.82, 2.24) is 20.2 Å². The van der Waals surface area contributed by atoms with Crippen molar-refractivity contribution in [3.8, 4) is 0 Å². The van der Waals surface area contributed by atoms with Crippen molar-refractivity contribution >= 4 is 11.9 Å². The smallest absolute Gasteiger partial charge is 0.389 e. The number of anilines is 1. The summed E-state index contributed by atoms with van der Waals surface area (Å²) in [5, 5.41) is 15.4. The highest BCUT2D eigenvalue weighted by molar-refractivity contribution is 5.86. The molecule has 2 aliphatic carbocycles. The van der Waals surface area contributed by atoms with Crippen LogP contribution >= 0.6 is 0 Å². The van der Waals surface area contributed by atoms with Gasteiger partial charge in [-0.05, 0) is 57.4 Å². The zero-order chi connectivity index (χ0) is 26.7. The zero-order valence-corrected chi connectivity index (χ0v) is 21.6. The SMILES string of the molecule is CO[C@@H]1COCC[C@@H]1N[C@@H]1CC[C@@](C(=O)N2C[C@@H]3C[C@H]2CN3c2nccc(C(F)(F)F)n2)(C2(O)CCC2)C1. The maximum absolute atomic E-state index is 14.3. The Morgan fingerprint density at radius 1 is 1.24 bits per heavy atom. The van der Waals surface area contributed by atoms with E-state index in [1.54, 1.807) is 12.0 Å². The van der Waals surface area contributed by atoms with Crippen LogP contribution in [0.1, 0.15) is 57.1 Å². The van der Waals surface area contributed by atoms with Crippen molar-refractivity contribution in [3.63, 3.8) is 0 Å². The third-order valence-corrected chi connectivity index (χ3v) is 9.74. The van der Waals surface area contributed by atoms with Crippen LogP contribution in [0.15, 0.2) is 12.3 Å². The van der Waals surface area contributed by atoms with E-state index in [0.717, 1.165) is 31.5 Å². The van der Waals surface area contributed by atoms with E-state index in [9.17, 15) is 23.1 Å². The lowest BCUT2D eigenvalue weighted by Crippen LogP contribution is -2.63. The molecule has 0 radical (unpaired) electrons. The molecule has 0 spiro atoms. The number of piperazine rings is 1. The quantitative estimate of drug-likeness (QED) is 0.568. The molecule has 5 aliphatic rings. The van der Waals surface area contributed by atoms with Crippen molar-refractivity contribution in [2.24, 2.45) is 5.41 Å². The molecule has 1 aromatic rings. The number of nitrogens with one attached hydrogen (secondary N) is 1. The van der Waals surface area contributed by atoms with E-state index in [0.29, 0.717) is 58.4 Å². The minimum absolute atomic E-state index is 0.00335. The summed E-state index contributed by atoms with van der Waals surface area (Å²) >= 11 is 0. The molecule has 0 unspecified atom stereocenters. The van der Waals surface area contributed by atoms with E-state index in [-0.39, 0.29) is 42.1 Å². The fraction of sp³-hybridized carbons (Fsp3) is 0.808. The molecule has 38 heavy (non-hydrogen) atoms. The van der Waals surface area contributed by atoms with Crippen LogP contribution in [0, 0.1) is 5.41 Å². The van der Waals surface area contributed by atoms with E-state index < -0.39 is 22.9 Å². The first-order chi connectivity index (χ1) is 18.1. The fourth-order valence-electron chi connectivity index (χ4n) is 7.51. The number of amides is 1. The molecular weight excluding hydrogens is 503 g/mol. The average Bonchev–Trinajstić information content (AvgIpc) is 3.62. The van der Waals surface area contributed by atoms with Crippen molar-refractivity contribution in [2.45, 2.75) is 93.4 Å². The Balaban J connectivity index is 1.17. The maximum atomic E-state index is 14.3. The Bertz CT molecular complexity index is 1060. The number of methoxy groups -OCH3 is 1. The van der Waals surface area contributed by atoms with Gasteiger partial charge in [0.2, 0.25) is 11.9 Å². The summed E-state index contributed by atoms with van der Waals surface area (Å²) < 4.78 is 50.7. The summed E-state index contributed by atoms with van der Waals surface area (Å²) in [6, 6.07) is 0.840. The standard InChI is InChI=1S/C26H36F3N5O4/c1-37-20-15-38-10-5-19(20)31-16-3-8-24(12-16,25(36)6-2-7-25)22(35)33-13-18-11-17(33)14-34(18)23-30-9-4-21(32-23)26(27,28)29/h4,9,16-20,31,36H,2-3,5-8,10-15H2,1H3/t16-,17+,18+,19+,20-,24-/m1/s1. The molecular formula is C26H36F3N5O4. The Morgan fingerprint density at radius 3 is 2.71 bits per heavy atom. The van der Waals surface area contributed by atoms with Gasteiger partial charge in [-0.15, -0.1) is 0 Å². The molecule has 0 aromatic carbocycles. The second-order valence-electron chi connectivity index (χ2n) is 11.7. The van der Waals surface area contributed by atoms with Crippen molar-refractivity contribution in [1.29, 1.82) is 0 Å². The number of aliphatic hydroxyl groups is 1. The van der Waals surface area contributed by atoms with Crippen LogP contribution in [0.25, 0.3) is 0 Å². The molecule has 3 aliphatic heterocycles. The van der Waals surface area contributed by atoms with E-state index in [1.165, 1.54) is 0 Å². The predicted octanol–water partition coefficient (Wildman–Crippen LogP) is 2.13. The minimum Gasteiger partial charge on any atom is -0.389 e. The third-order valence-electron chi connectivity index (χ3n) is 9.74. The molecule has 1 aromatic heterocycles. The molecule has 1 amide bonds. The number of hydrogen-bond donors (Lipinski definition) is 2. The number of nitrogens with zero attached hydrogens (tertiary/aromatic N) is 4. The van der Waals surface area contributed by atoms with Crippen LogP contribution < -0.4 is 10.2 Å². The van der Waals surface area contributed by atoms with Gasteiger partial charge in [-0.25, -0.2) is 9.97 Å². The predicted molar refractivity (Wildman–Crippen MR) is 130 cm³/mol. The molecule has 4 heterocycles. The number of halogens is 3. The Morgan fingerprint density at radius 2 is 2.05 bits per heavy atom. The second kappa shape index (κ2) is 9.57. The molecule has 9 nitrogen and oxygen atoms in total. The molecule has 3 saturated heterocycles. The van der Waals surface area contributed by atoms with Crippen LogP contribution in [-0.2, 0) is 20.4 Å². The van der Waals surface area contributed by atoms with Crippen LogP contribution in [0.5, 0.6) is 0 Å². The number of aromatic nitrogens is 2. The molecule has 12 heteroatoms. The van der Waals surface area contributed by atoms with Gasteiger partial charge in [0.15, 0.2) is 0 Å². The lowest BCUT2D eigenvalue weighted by atomic mass is 9.59. The highest BCUT2D eigenvalue weighted by atomic mass is 19.4. The van der Waals surface area contributed by atoms with E-state index in [4.69, 9.17) is 9.47 Å².